The van der Waals surface area contributed by atoms with Crippen LogP contribution in [0, 0.1) is 18.3 Å². The minimum absolute atomic E-state index is 0.0166. The average Bonchev–Trinajstić information content (AvgIpc) is 3.19. The van der Waals surface area contributed by atoms with Crippen LogP contribution in [0.5, 0.6) is 5.75 Å². The maximum atomic E-state index is 12.1. The molecule has 29 heavy (non-hydrogen) atoms. The van der Waals surface area contributed by atoms with Gasteiger partial charge in [-0.05, 0) is 18.6 Å². The first kappa shape index (κ1) is 17.9. The molecule has 0 amide bonds. The monoisotopic (exact) mass is 395 g/mol. The highest BCUT2D eigenvalue weighted by Crippen LogP contribution is 2.35. The Morgan fingerprint density at radius 1 is 1.41 bits per heavy atom. The Balaban J connectivity index is 1.36. The third-order valence-electron chi connectivity index (χ3n) is 5.57. The molecule has 3 atom stereocenters. The number of ether oxygens (including phenoxy) is 2. The molecular weight excluding hydrogens is 374 g/mol. The van der Waals surface area contributed by atoms with Crippen LogP contribution in [0.4, 0.5) is 0 Å². The minimum Gasteiger partial charge on any atom is -0.485 e. The number of nitrogens with one attached hydrogen (secondary N) is 2. The molecule has 0 aliphatic carbocycles. The number of aromatic nitrogens is 4. The van der Waals surface area contributed by atoms with E-state index in [1.807, 2.05) is 10.6 Å². The zero-order chi connectivity index (χ0) is 20.1. The normalized spacial score (nSPS) is 21.8. The molecule has 0 aromatic carbocycles. The molecular formula is C20H21N5O4. The Labute approximate surface area is 165 Å². The van der Waals surface area contributed by atoms with Crippen LogP contribution in [0.1, 0.15) is 24.7 Å². The van der Waals surface area contributed by atoms with Crippen molar-refractivity contribution < 1.29 is 13.9 Å². The third kappa shape index (κ3) is 3.07. The van der Waals surface area contributed by atoms with Gasteiger partial charge in [0.1, 0.15) is 28.7 Å². The first-order chi connectivity index (χ1) is 14.0. The summed E-state index contributed by atoms with van der Waals surface area (Å²) in [4.78, 5) is 23.5. The van der Waals surface area contributed by atoms with E-state index < -0.39 is 0 Å². The van der Waals surface area contributed by atoms with E-state index in [4.69, 9.17) is 19.3 Å². The fourth-order valence-electron chi connectivity index (χ4n) is 4.03. The van der Waals surface area contributed by atoms with E-state index in [2.05, 4.69) is 21.9 Å². The molecule has 5 rings (SSSR count). The lowest BCUT2D eigenvalue weighted by molar-refractivity contribution is -0.0319. The van der Waals surface area contributed by atoms with Gasteiger partial charge in [-0.1, -0.05) is 6.92 Å². The maximum absolute atomic E-state index is 12.1. The number of aryl methyl sites for hydroxylation is 1. The standard InChI is InChI=1S/C20H21N5O4/c1-10(6-25-9-24-18(21)17-19(25)23-8-22-17)14-5-15-12(7-27-14)4-13-16(29-15)3-11(2)28-20(13)26/h3-4,8-10,14-15,21H,5-7H2,1-2H3,(H,22,23)/t10-,14+,15+/m1/s1. The van der Waals surface area contributed by atoms with E-state index >= 15 is 0 Å². The number of hydrogen-bond acceptors (Lipinski definition) is 7. The highest BCUT2D eigenvalue weighted by atomic mass is 16.5. The molecule has 5 heterocycles. The van der Waals surface area contributed by atoms with Gasteiger partial charge in [-0.3, -0.25) is 5.41 Å². The molecule has 1 saturated heterocycles. The molecule has 1 fully saturated rings. The van der Waals surface area contributed by atoms with Gasteiger partial charge in [0, 0.05) is 24.9 Å². The topological polar surface area (TPSA) is 119 Å². The van der Waals surface area contributed by atoms with Gasteiger partial charge in [-0.15, -0.1) is 0 Å². The smallest absolute Gasteiger partial charge is 0.346 e. The second kappa shape index (κ2) is 6.70. The lowest BCUT2D eigenvalue weighted by atomic mass is 9.90. The molecule has 2 N–H and O–H groups in total. The predicted molar refractivity (Wildman–Crippen MR) is 103 cm³/mol. The van der Waals surface area contributed by atoms with E-state index in [1.165, 1.54) is 0 Å². The highest BCUT2D eigenvalue weighted by Gasteiger charge is 2.35. The van der Waals surface area contributed by atoms with Gasteiger partial charge in [0.05, 0.1) is 25.4 Å². The zero-order valence-corrected chi connectivity index (χ0v) is 16.1. The van der Waals surface area contributed by atoms with Crippen molar-refractivity contribution in [2.75, 3.05) is 6.61 Å². The second-order valence-electron chi connectivity index (χ2n) is 7.66. The molecule has 0 radical (unpaired) electrons. The van der Waals surface area contributed by atoms with E-state index in [0.29, 0.717) is 47.8 Å². The molecule has 3 aromatic rings. The molecule has 0 spiro atoms. The summed E-state index contributed by atoms with van der Waals surface area (Å²) >= 11 is 0. The van der Waals surface area contributed by atoms with Gasteiger partial charge < -0.3 is 23.4 Å². The van der Waals surface area contributed by atoms with Crippen LogP contribution in [0.3, 0.4) is 0 Å². The van der Waals surface area contributed by atoms with Crippen LogP contribution >= 0.6 is 0 Å². The van der Waals surface area contributed by atoms with Crippen molar-refractivity contribution in [1.29, 1.82) is 5.41 Å². The Morgan fingerprint density at radius 3 is 3.14 bits per heavy atom. The van der Waals surface area contributed by atoms with Crippen LogP contribution in [0.2, 0.25) is 0 Å². The van der Waals surface area contributed by atoms with E-state index in [-0.39, 0.29) is 29.2 Å². The van der Waals surface area contributed by atoms with Crippen LogP contribution in [-0.2, 0) is 11.3 Å². The van der Waals surface area contributed by atoms with Crippen molar-refractivity contribution in [3.63, 3.8) is 0 Å². The fraction of sp³-hybridized carbons (Fsp3) is 0.400. The largest absolute Gasteiger partial charge is 0.485 e. The van der Waals surface area contributed by atoms with Crippen LogP contribution < -0.4 is 15.9 Å². The fourth-order valence-corrected chi connectivity index (χ4v) is 4.03. The molecule has 0 saturated carbocycles. The summed E-state index contributed by atoms with van der Waals surface area (Å²) < 4.78 is 19.3. The lowest BCUT2D eigenvalue weighted by Crippen LogP contribution is -2.41. The summed E-state index contributed by atoms with van der Waals surface area (Å²) in [5.74, 6) is 1.28. The Kier molecular flexibility index (Phi) is 4.13. The summed E-state index contributed by atoms with van der Waals surface area (Å²) in [5.41, 5.74) is 2.54. The Morgan fingerprint density at radius 2 is 2.28 bits per heavy atom. The Hall–Kier alpha value is -3.20. The molecule has 3 aromatic heterocycles. The summed E-state index contributed by atoms with van der Waals surface area (Å²) in [7, 11) is 0. The van der Waals surface area contributed by atoms with Crippen molar-refractivity contribution >= 4 is 17.2 Å². The third-order valence-corrected chi connectivity index (χ3v) is 5.57. The van der Waals surface area contributed by atoms with Crippen LogP contribution in [0.25, 0.3) is 17.2 Å². The highest BCUT2D eigenvalue weighted by molar-refractivity contribution is 5.68. The summed E-state index contributed by atoms with van der Waals surface area (Å²) in [6.07, 6.45) is 5.62. The van der Waals surface area contributed by atoms with Crippen molar-refractivity contribution in [3.8, 4) is 5.75 Å². The summed E-state index contributed by atoms with van der Waals surface area (Å²) in [5, 5.41) is 7.87. The summed E-state index contributed by atoms with van der Waals surface area (Å²) in [6, 6.07) is 1.76. The van der Waals surface area contributed by atoms with Gasteiger partial charge in [-0.2, -0.15) is 0 Å². The summed E-state index contributed by atoms with van der Waals surface area (Å²) in [6.45, 7) is 4.93. The SMILES string of the molecule is Cc1cc2c(c(=O)o1)C=C1CO[C@H]([C@H](C)Cn3cnc(=N)c4[nH]cnc43)C[C@@H]1O2. The van der Waals surface area contributed by atoms with Crippen molar-refractivity contribution in [1.82, 2.24) is 19.5 Å². The second-order valence-corrected chi connectivity index (χ2v) is 7.66. The van der Waals surface area contributed by atoms with Crippen LogP contribution in [0.15, 0.2) is 33.5 Å². The number of H-pyrrole nitrogens is 1. The lowest BCUT2D eigenvalue weighted by Gasteiger charge is -2.37. The number of nitrogens with zero attached hydrogens (tertiary/aromatic N) is 3. The zero-order valence-electron chi connectivity index (χ0n) is 16.1. The molecule has 2 aliphatic rings. The first-order valence-corrected chi connectivity index (χ1v) is 9.56. The van der Waals surface area contributed by atoms with Gasteiger partial charge in [-0.25, -0.2) is 14.8 Å². The van der Waals surface area contributed by atoms with Gasteiger partial charge in [0.15, 0.2) is 11.1 Å². The maximum Gasteiger partial charge on any atom is 0.346 e. The molecule has 9 heteroatoms. The van der Waals surface area contributed by atoms with E-state index in [1.54, 1.807) is 25.6 Å². The number of aromatic amines is 1. The quantitative estimate of drug-likeness (QED) is 0.698. The molecule has 0 bridgehead atoms. The molecule has 150 valence electrons. The van der Waals surface area contributed by atoms with E-state index in [9.17, 15) is 4.79 Å². The van der Waals surface area contributed by atoms with Crippen LogP contribution in [-0.4, -0.2) is 38.3 Å². The minimum atomic E-state index is -0.383. The Bertz CT molecular complexity index is 1240. The number of imidazole rings is 1. The van der Waals surface area contributed by atoms with Crippen molar-refractivity contribution in [2.45, 2.75) is 39.0 Å². The van der Waals surface area contributed by atoms with Crippen molar-refractivity contribution in [2.24, 2.45) is 5.92 Å². The number of hydrogen-bond donors (Lipinski definition) is 2. The van der Waals surface area contributed by atoms with Gasteiger partial charge in [0.25, 0.3) is 0 Å². The number of rotatable bonds is 3. The van der Waals surface area contributed by atoms with Gasteiger partial charge in [0.2, 0.25) is 0 Å². The predicted octanol–water partition coefficient (Wildman–Crippen LogP) is 1.77. The number of fused-ring (bicyclic) bond motifs is 3. The van der Waals surface area contributed by atoms with Gasteiger partial charge >= 0.3 is 5.63 Å². The molecule has 0 unspecified atom stereocenters. The average molecular weight is 395 g/mol. The molecule has 2 aliphatic heterocycles. The molecule has 9 nitrogen and oxygen atoms in total. The van der Waals surface area contributed by atoms with E-state index in [0.717, 1.165) is 5.57 Å². The first-order valence-electron chi connectivity index (χ1n) is 9.56. The van der Waals surface area contributed by atoms with Crippen molar-refractivity contribution in [3.05, 3.63) is 51.5 Å².